The van der Waals surface area contributed by atoms with Crippen molar-refractivity contribution < 1.29 is 4.79 Å². The molecule has 0 radical (unpaired) electrons. The van der Waals surface area contributed by atoms with Gasteiger partial charge in [-0.2, -0.15) is 0 Å². The fourth-order valence-electron chi connectivity index (χ4n) is 2.57. The smallest absolute Gasteiger partial charge is 0.242 e. The second-order valence-electron chi connectivity index (χ2n) is 4.98. The summed E-state index contributed by atoms with van der Waals surface area (Å²) in [7, 11) is 0. The molecule has 1 atom stereocenters. The Morgan fingerprint density at radius 1 is 1.33 bits per heavy atom. The topological polar surface area (TPSA) is 86.8 Å². The van der Waals surface area contributed by atoms with Gasteiger partial charge < -0.3 is 15.2 Å². The molecular weight excluding hydrogens is 268 g/mol. The molecule has 7 heteroatoms. The average molecular weight is 286 g/mol. The Morgan fingerprint density at radius 3 is 2.95 bits per heavy atom. The highest BCUT2D eigenvalue weighted by molar-refractivity contribution is 5.85. The minimum Gasteiger partial charge on any atom is -0.354 e. The van der Waals surface area contributed by atoms with Crippen molar-refractivity contribution >= 4 is 11.9 Å². The van der Waals surface area contributed by atoms with Crippen molar-refractivity contribution in [3.05, 3.63) is 36.7 Å². The third-order valence-electron chi connectivity index (χ3n) is 3.58. The number of carbonyl (C=O) groups excluding carboxylic acids is 1. The van der Waals surface area contributed by atoms with Crippen LogP contribution >= 0.6 is 0 Å². The Kier molecular flexibility index (Phi) is 4.09. The van der Waals surface area contributed by atoms with Crippen molar-refractivity contribution in [3.63, 3.8) is 0 Å². The molecule has 1 unspecified atom stereocenters. The molecule has 0 aliphatic carbocycles. The molecule has 7 nitrogen and oxygen atoms in total. The van der Waals surface area contributed by atoms with Gasteiger partial charge in [0.15, 0.2) is 0 Å². The summed E-state index contributed by atoms with van der Waals surface area (Å²) in [6, 6.07) is 1.60. The predicted molar refractivity (Wildman–Crippen MR) is 77.7 cm³/mol. The number of H-pyrrole nitrogens is 1. The standard InChI is InChI=1S/C14H18N6O/c21-13(17-7-4-12-15-8-9-16-12)11-3-1-10-20(11)14-18-5-2-6-19-14/h2,5-6,8-9,11H,1,3-4,7,10H2,(H,15,16)(H,17,21). The first-order valence-corrected chi connectivity index (χ1v) is 7.14. The van der Waals surface area contributed by atoms with Crippen LogP contribution in [0.4, 0.5) is 5.95 Å². The summed E-state index contributed by atoms with van der Waals surface area (Å²) in [5.41, 5.74) is 0. The van der Waals surface area contributed by atoms with E-state index in [4.69, 9.17) is 0 Å². The van der Waals surface area contributed by atoms with Gasteiger partial charge in [0.25, 0.3) is 0 Å². The second kappa shape index (κ2) is 6.34. The van der Waals surface area contributed by atoms with Gasteiger partial charge in [0.05, 0.1) is 0 Å². The van der Waals surface area contributed by atoms with E-state index in [1.165, 1.54) is 0 Å². The third kappa shape index (κ3) is 3.18. The summed E-state index contributed by atoms with van der Waals surface area (Å²) in [6.07, 6.45) is 9.41. The van der Waals surface area contributed by atoms with E-state index in [9.17, 15) is 4.79 Å². The molecule has 0 spiro atoms. The van der Waals surface area contributed by atoms with Crippen LogP contribution in [0.25, 0.3) is 0 Å². The largest absolute Gasteiger partial charge is 0.354 e. The molecule has 3 heterocycles. The van der Waals surface area contributed by atoms with Crippen molar-refractivity contribution in [2.45, 2.75) is 25.3 Å². The maximum atomic E-state index is 12.3. The number of aromatic amines is 1. The zero-order valence-corrected chi connectivity index (χ0v) is 11.7. The van der Waals surface area contributed by atoms with Gasteiger partial charge in [-0.1, -0.05) is 0 Å². The van der Waals surface area contributed by atoms with Crippen LogP contribution in [0.3, 0.4) is 0 Å². The maximum absolute atomic E-state index is 12.3. The van der Waals surface area contributed by atoms with Crippen molar-refractivity contribution in [2.75, 3.05) is 18.0 Å². The minimum absolute atomic E-state index is 0.0338. The van der Waals surface area contributed by atoms with E-state index in [1.807, 2.05) is 4.90 Å². The van der Waals surface area contributed by atoms with Gasteiger partial charge in [-0.25, -0.2) is 15.0 Å². The Bertz CT molecular complexity index is 570. The van der Waals surface area contributed by atoms with Crippen molar-refractivity contribution in [1.82, 2.24) is 25.3 Å². The van der Waals surface area contributed by atoms with E-state index in [0.717, 1.165) is 25.2 Å². The monoisotopic (exact) mass is 286 g/mol. The highest BCUT2D eigenvalue weighted by Gasteiger charge is 2.31. The van der Waals surface area contributed by atoms with Crippen molar-refractivity contribution in [3.8, 4) is 0 Å². The van der Waals surface area contributed by atoms with Crippen LogP contribution in [0.15, 0.2) is 30.9 Å². The molecule has 2 N–H and O–H groups in total. The molecule has 1 fully saturated rings. The molecule has 1 amide bonds. The number of carbonyl (C=O) groups is 1. The van der Waals surface area contributed by atoms with Gasteiger partial charge >= 0.3 is 0 Å². The zero-order valence-electron chi connectivity index (χ0n) is 11.7. The Morgan fingerprint density at radius 2 is 2.19 bits per heavy atom. The third-order valence-corrected chi connectivity index (χ3v) is 3.58. The number of hydrogen-bond acceptors (Lipinski definition) is 5. The molecular formula is C14H18N6O. The molecule has 110 valence electrons. The fraction of sp³-hybridized carbons (Fsp3) is 0.429. The lowest BCUT2D eigenvalue weighted by atomic mass is 10.2. The van der Waals surface area contributed by atoms with E-state index in [2.05, 4.69) is 25.3 Å². The minimum atomic E-state index is -0.177. The van der Waals surface area contributed by atoms with Crippen molar-refractivity contribution in [2.24, 2.45) is 0 Å². The molecule has 3 rings (SSSR count). The van der Waals surface area contributed by atoms with E-state index < -0.39 is 0 Å². The van der Waals surface area contributed by atoms with Gasteiger partial charge in [-0.05, 0) is 18.9 Å². The number of anilines is 1. The maximum Gasteiger partial charge on any atom is 0.242 e. The number of rotatable bonds is 5. The molecule has 21 heavy (non-hydrogen) atoms. The zero-order chi connectivity index (χ0) is 14.5. The van der Waals surface area contributed by atoms with E-state index in [0.29, 0.717) is 18.9 Å². The van der Waals surface area contributed by atoms with Gasteiger partial charge in [0.2, 0.25) is 11.9 Å². The van der Waals surface area contributed by atoms with Gasteiger partial charge in [-0.15, -0.1) is 0 Å². The molecule has 2 aromatic rings. The van der Waals surface area contributed by atoms with E-state index in [-0.39, 0.29) is 11.9 Å². The predicted octanol–water partition coefficient (Wildman–Crippen LogP) is 0.527. The highest BCUT2D eigenvalue weighted by Crippen LogP contribution is 2.21. The summed E-state index contributed by atoms with van der Waals surface area (Å²) in [4.78, 5) is 29.9. The molecule has 0 saturated carbocycles. The van der Waals surface area contributed by atoms with Crippen LogP contribution in [0.2, 0.25) is 0 Å². The second-order valence-corrected chi connectivity index (χ2v) is 4.98. The first-order valence-electron chi connectivity index (χ1n) is 7.14. The first kappa shape index (κ1) is 13.5. The van der Waals surface area contributed by atoms with Crippen LogP contribution in [-0.4, -0.2) is 45.0 Å². The Labute approximate surface area is 122 Å². The summed E-state index contributed by atoms with van der Waals surface area (Å²) in [5, 5.41) is 2.97. The van der Waals surface area contributed by atoms with Crippen molar-refractivity contribution in [1.29, 1.82) is 0 Å². The number of hydrogen-bond donors (Lipinski definition) is 2. The summed E-state index contributed by atoms with van der Waals surface area (Å²) in [6.45, 7) is 1.40. The number of nitrogens with one attached hydrogen (secondary N) is 2. The lowest BCUT2D eigenvalue weighted by molar-refractivity contribution is -0.122. The van der Waals surface area contributed by atoms with Crippen LogP contribution in [0, 0.1) is 0 Å². The molecule has 1 aliphatic heterocycles. The van der Waals surface area contributed by atoms with E-state index in [1.54, 1.807) is 30.9 Å². The molecule has 1 aliphatic rings. The molecule has 0 bridgehead atoms. The number of aromatic nitrogens is 4. The molecule has 2 aromatic heterocycles. The van der Waals surface area contributed by atoms with E-state index >= 15 is 0 Å². The lowest BCUT2D eigenvalue weighted by Crippen LogP contribution is -2.44. The summed E-state index contributed by atoms with van der Waals surface area (Å²) < 4.78 is 0. The molecule has 1 saturated heterocycles. The number of imidazole rings is 1. The highest BCUT2D eigenvalue weighted by atomic mass is 16.2. The van der Waals surface area contributed by atoms with Gasteiger partial charge in [0, 0.05) is 44.3 Å². The lowest BCUT2D eigenvalue weighted by Gasteiger charge is -2.23. The Balaban J connectivity index is 1.56. The fourth-order valence-corrected chi connectivity index (χ4v) is 2.57. The van der Waals surface area contributed by atoms with Gasteiger partial charge in [0.1, 0.15) is 11.9 Å². The quantitative estimate of drug-likeness (QED) is 0.837. The van der Waals surface area contributed by atoms with Crippen LogP contribution in [-0.2, 0) is 11.2 Å². The van der Waals surface area contributed by atoms with Gasteiger partial charge in [-0.3, -0.25) is 4.79 Å². The van der Waals surface area contributed by atoms with Crippen LogP contribution in [0.1, 0.15) is 18.7 Å². The molecule has 0 aromatic carbocycles. The Hall–Kier alpha value is -2.44. The normalized spacial score (nSPS) is 17.9. The summed E-state index contributed by atoms with van der Waals surface area (Å²) >= 11 is 0. The van der Waals surface area contributed by atoms with Crippen LogP contribution in [0.5, 0.6) is 0 Å². The average Bonchev–Trinajstić information content (AvgIpc) is 3.19. The first-order chi connectivity index (χ1) is 10.3. The number of amides is 1. The summed E-state index contributed by atoms with van der Waals surface area (Å²) in [5.74, 6) is 1.54. The number of nitrogens with zero attached hydrogens (tertiary/aromatic N) is 4. The van der Waals surface area contributed by atoms with Crippen LogP contribution < -0.4 is 10.2 Å². The SMILES string of the molecule is O=C(NCCc1ncc[nH]1)C1CCCN1c1ncccn1.